The topological polar surface area (TPSA) is 37.3 Å². The average Bonchev–Trinajstić information content (AvgIpc) is 2.17. The number of rotatable bonds is 5. The molecule has 1 atom stereocenters. The van der Waals surface area contributed by atoms with Crippen LogP contribution in [-0.2, 0) is 4.79 Å². The van der Waals surface area contributed by atoms with E-state index in [1.165, 1.54) is 18.2 Å². The Labute approximate surface area is 94.4 Å². The summed E-state index contributed by atoms with van der Waals surface area (Å²) >= 11 is 0. The average molecular weight is 222 g/mol. The van der Waals surface area contributed by atoms with Crippen LogP contribution in [-0.4, -0.2) is 11.1 Å². The number of benzene rings is 1. The first kappa shape index (κ1) is 12.4. The fraction of sp³-hybridized carbons (Fsp3) is 0.308. The van der Waals surface area contributed by atoms with Crippen molar-refractivity contribution in [2.75, 3.05) is 0 Å². The molecule has 1 unspecified atom stereocenters. The molecular formula is C13H15FO2. The number of allylic oxidation sites excluding steroid dienone is 1. The summed E-state index contributed by atoms with van der Waals surface area (Å²) in [4.78, 5) is 11.1. The van der Waals surface area contributed by atoms with Crippen molar-refractivity contribution in [1.29, 1.82) is 0 Å². The van der Waals surface area contributed by atoms with E-state index in [1.54, 1.807) is 6.07 Å². The van der Waals surface area contributed by atoms with Gasteiger partial charge in [0, 0.05) is 0 Å². The quantitative estimate of drug-likeness (QED) is 0.776. The molecule has 0 radical (unpaired) electrons. The molecular weight excluding hydrogens is 207 g/mol. The SMILES string of the molecule is C=C(C)CCC(C(=O)O)c1cccc(F)c1. The smallest absolute Gasteiger partial charge is 0.310 e. The van der Waals surface area contributed by atoms with Gasteiger partial charge in [0.1, 0.15) is 5.82 Å². The Hall–Kier alpha value is -1.64. The van der Waals surface area contributed by atoms with Crippen LogP contribution < -0.4 is 0 Å². The van der Waals surface area contributed by atoms with Crippen molar-refractivity contribution in [2.24, 2.45) is 0 Å². The third kappa shape index (κ3) is 3.50. The van der Waals surface area contributed by atoms with Crippen molar-refractivity contribution < 1.29 is 14.3 Å². The summed E-state index contributed by atoms with van der Waals surface area (Å²) in [6.45, 7) is 5.58. The minimum atomic E-state index is -0.924. The largest absolute Gasteiger partial charge is 0.481 e. The van der Waals surface area contributed by atoms with Gasteiger partial charge in [-0.3, -0.25) is 4.79 Å². The van der Waals surface area contributed by atoms with Crippen LogP contribution in [0.2, 0.25) is 0 Å². The van der Waals surface area contributed by atoms with Crippen LogP contribution in [0.25, 0.3) is 0 Å². The lowest BCUT2D eigenvalue weighted by Crippen LogP contribution is -2.11. The molecule has 3 heteroatoms. The summed E-state index contributed by atoms with van der Waals surface area (Å²) in [6, 6.07) is 5.75. The first-order chi connectivity index (χ1) is 7.50. The van der Waals surface area contributed by atoms with E-state index in [0.29, 0.717) is 18.4 Å². The number of carboxylic acid groups (broad SMARTS) is 1. The van der Waals surface area contributed by atoms with Crippen LogP contribution in [0.15, 0.2) is 36.4 Å². The van der Waals surface area contributed by atoms with Gasteiger partial charge in [-0.05, 0) is 37.5 Å². The zero-order valence-electron chi connectivity index (χ0n) is 9.24. The fourth-order valence-electron chi connectivity index (χ4n) is 1.55. The van der Waals surface area contributed by atoms with E-state index in [-0.39, 0.29) is 0 Å². The molecule has 0 fully saturated rings. The molecule has 2 nitrogen and oxygen atoms in total. The second-order valence-corrected chi connectivity index (χ2v) is 3.94. The van der Waals surface area contributed by atoms with Gasteiger partial charge in [0.25, 0.3) is 0 Å². The molecule has 16 heavy (non-hydrogen) atoms. The van der Waals surface area contributed by atoms with Gasteiger partial charge in [0.05, 0.1) is 5.92 Å². The van der Waals surface area contributed by atoms with Crippen molar-refractivity contribution in [3.63, 3.8) is 0 Å². The number of halogens is 1. The fourth-order valence-corrected chi connectivity index (χ4v) is 1.55. The maximum Gasteiger partial charge on any atom is 0.310 e. The molecule has 0 spiro atoms. The molecule has 0 aromatic heterocycles. The maximum atomic E-state index is 13.0. The molecule has 0 saturated heterocycles. The summed E-state index contributed by atoms with van der Waals surface area (Å²) in [6.07, 6.45) is 1.08. The summed E-state index contributed by atoms with van der Waals surface area (Å²) in [5, 5.41) is 9.08. The number of hydrogen-bond donors (Lipinski definition) is 1. The molecule has 0 bridgehead atoms. The Morgan fingerprint density at radius 2 is 2.25 bits per heavy atom. The summed E-state index contributed by atoms with van der Waals surface area (Å²) < 4.78 is 13.0. The maximum absolute atomic E-state index is 13.0. The van der Waals surface area contributed by atoms with Crippen molar-refractivity contribution in [1.82, 2.24) is 0 Å². The zero-order chi connectivity index (χ0) is 12.1. The lowest BCUT2D eigenvalue weighted by Gasteiger charge is -2.12. The third-order valence-electron chi connectivity index (χ3n) is 2.41. The predicted octanol–water partition coefficient (Wildman–Crippen LogP) is 3.35. The van der Waals surface area contributed by atoms with Crippen LogP contribution in [0.5, 0.6) is 0 Å². The Morgan fingerprint density at radius 3 is 2.75 bits per heavy atom. The van der Waals surface area contributed by atoms with Crippen molar-refractivity contribution in [2.45, 2.75) is 25.7 Å². The number of carbonyl (C=O) groups is 1. The molecule has 0 aliphatic rings. The highest BCUT2D eigenvalue weighted by molar-refractivity contribution is 5.76. The minimum Gasteiger partial charge on any atom is -0.481 e. The highest BCUT2D eigenvalue weighted by Gasteiger charge is 2.19. The summed E-state index contributed by atoms with van der Waals surface area (Å²) in [5.41, 5.74) is 1.44. The van der Waals surface area contributed by atoms with E-state index in [4.69, 9.17) is 5.11 Å². The van der Waals surface area contributed by atoms with Gasteiger partial charge in [0.15, 0.2) is 0 Å². The lowest BCUT2D eigenvalue weighted by molar-refractivity contribution is -0.138. The molecule has 86 valence electrons. The number of carboxylic acids is 1. The predicted molar refractivity (Wildman–Crippen MR) is 60.8 cm³/mol. The van der Waals surface area contributed by atoms with Crippen LogP contribution in [0, 0.1) is 5.82 Å². The number of aliphatic carboxylic acids is 1. The van der Waals surface area contributed by atoms with Crippen LogP contribution in [0.4, 0.5) is 4.39 Å². The highest BCUT2D eigenvalue weighted by atomic mass is 19.1. The minimum absolute atomic E-state index is 0.404. The van der Waals surface area contributed by atoms with Crippen molar-refractivity contribution in [3.8, 4) is 0 Å². The Morgan fingerprint density at radius 1 is 1.56 bits per heavy atom. The molecule has 1 rings (SSSR count). The van der Waals surface area contributed by atoms with Crippen molar-refractivity contribution >= 4 is 5.97 Å². The number of hydrogen-bond acceptors (Lipinski definition) is 1. The summed E-state index contributed by atoms with van der Waals surface area (Å²) in [7, 11) is 0. The third-order valence-corrected chi connectivity index (χ3v) is 2.41. The molecule has 0 saturated carbocycles. The molecule has 0 heterocycles. The van der Waals surface area contributed by atoms with Crippen LogP contribution in [0.3, 0.4) is 0 Å². The first-order valence-corrected chi connectivity index (χ1v) is 5.13. The molecule has 1 N–H and O–H groups in total. The van der Waals surface area contributed by atoms with E-state index in [1.807, 2.05) is 6.92 Å². The molecule has 0 aliphatic heterocycles. The van der Waals surface area contributed by atoms with Gasteiger partial charge in [-0.2, -0.15) is 0 Å². The standard InChI is InChI=1S/C13H15FO2/c1-9(2)6-7-12(13(15)16)10-4-3-5-11(14)8-10/h3-5,8,12H,1,6-7H2,2H3,(H,15,16). The van der Waals surface area contributed by atoms with Gasteiger partial charge < -0.3 is 5.11 Å². The molecule has 0 aliphatic carbocycles. The van der Waals surface area contributed by atoms with Crippen molar-refractivity contribution in [3.05, 3.63) is 47.8 Å². The van der Waals surface area contributed by atoms with Gasteiger partial charge >= 0.3 is 5.97 Å². The zero-order valence-corrected chi connectivity index (χ0v) is 9.24. The Kier molecular flexibility index (Phi) is 4.23. The summed E-state index contributed by atoms with van der Waals surface area (Å²) in [5.74, 6) is -1.99. The van der Waals surface area contributed by atoms with E-state index in [0.717, 1.165) is 5.57 Å². The van der Waals surface area contributed by atoms with E-state index >= 15 is 0 Å². The van der Waals surface area contributed by atoms with Gasteiger partial charge in [-0.1, -0.05) is 17.7 Å². The monoisotopic (exact) mass is 222 g/mol. The van der Waals surface area contributed by atoms with Crippen LogP contribution >= 0.6 is 0 Å². The van der Waals surface area contributed by atoms with E-state index in [2.05, 4.69) is 6.58 Å². The molecule has 1 aromatic carbocycles. The second-order valence-electron chi connectivity index (χ2n) is 3.94. The molecule has 1 aromatic rings. The van der Waals surface area contributed by atoms with Crippen LogP contribution in [0.1, 0.15) is 31.2 Å². The van der Waals surface area contributed by atoms with E-state index in [9.17, 15) is 9.18 Å². The van der Waals surface area contributed by atoms with Gasteiger partial charge in [-0.25, -0.2) is 4.39 Å². The lowest BCUT2D eigenvalue weighted by atomic mass is 9.93. The Balaban J connectivity index is 2.85. The Bertz CT molecular complexity index is 399. The van der Waals surface area contributed by atoms with E-state index < -0.39 is 17.7 Å². The van der Waals surface area contributed by atoms with Gasteiger partial charge in [0.2, 0.25) is 0 Å². The first-order valence-electron chi connectivity index (χ1n) is 5.13. The second kappa shape index (κ2) is 5.45. The molecule has 0 amide bonds. The highest BCUT2D eigenvalue weighted by Crippen LogP contribution is 2.23. The van der Waals surface area contributed by atoms with Gasteiger partial charge in [-0.15, -0.1) is 6.58 Å². The normalized spacial score (nSPS) is 12.1.